The zero-order chi connectivity index (χ0) is 29.9. The number of para-hydroxylation sites is 1. The van der Waals surface area contributed by atoms with Gasteiger partial charge in [0.05, 0.1) is 29.0 Å². The number of aromatic nitrogens is 1. The summed E-state index contributed by atoms with van der Waals surface area (Å²) in [5.74, 6) is 3.42. The van der Waals surface area contributed by atoms with Crippen molar-refractivity contribution in [2.24, 2.45) is 4.99 Å². The molecule has 8 heteroatoms. The number of fused-ring (bicyclic) bond motifs is 2. The molecular weight excluding hydrogens is 558 g/mol. The number of thiazole rings is 1. The van der Waals surface area contributed by atoms with E-state index < -0.39 is 6.04 Å². The topological polar surface area (TPSA) is 81.9 Å². The number of benzene rings is 4. The number of terminal acetylenes is 1. The van der Waals surface area contributed by atoms with Crippen LogP contribution in [0.2, 0.25) is 0 Å². The largest absolute Gasteiger partial charge is 0.497 e. The molecule has 0 bridgehead atoms. The van der Waals surface area contributed by atoms with Gasteiger partial charge in [-0.05, 0) is 59.7 Å². The van der Waals surface area contributed by atoms with Crippen molar-refractivity contribution in [3.63, 3.8) is 0 Å². The van der Waals surface area contributed by atoms with Crippen molar-refractivity contribution in [1.82, 2.24) is 4.57 Å². The molecule has 0 saturated carbocycles. The summed E-state index contributed by atoms with van der Waals surface area (Å²) in [4.78, 5) is 33.3. The van der Waals surface area contributed by atoms with Crippen molar-refractivity contribution in [2.75, 3.05) is 19.0 Å². The number of methoxy groups -OCH3 is 1. The van der Waals surface area contributed by atoms with Crippen LogP contribution in [0.15, 0.2) is 112 Å². The quantitative estimate of drug-likeness (QED) is 0.271. The van der Waals surface area contributed by atoms with E-state index in [0.717, 1.165) is 21.9 Å². The fourth-order valence-corrected chi connectivity index (χ4v) is 6.26. The molecular formula is C35H27N3O4S. The molecule has 6 rings (SSSR count). The number of nitrogens with one attached hydrogen (secondary N) is 1. The maximum atomic E-state index is 14.2. The van der Waals surface area contributed by atoms with Gasteiger partial charge in [-0.25, -0.2) is 4.99 Å². The minimum Gasteiger partial charge on any atom is -0.497 e. The van der Waals surface area contributed by atoms with E-state index >= 15 is 0 Å². The highest BCUT2D eigenvalue weighted by molar-refractivity contribution is 7.07. The highest BCUT2D eigenvalue weighted by Crippen LogP contribution is 2.32. The predicted molar refractivity (Wildman–Crippen MR) is 170 cm³/mol. The number of amides is 1. The molecule has 0 radical (unpaired) electrons. The van der Waals surface area contributed by atoms with E-state index in [9.17, 15) is 9.59 Å². The molecule has 0 unspecified atom stereocenters. The van der Waals surface area contributed by atoms with Gasteiger partial charge in [0, 0.05) is 11.3 Å². The number of nitrogens with zero attached hydrogens (tertiary/aromatic N) is 2. The Balaban J connectivity index is 1.55. The molecule has 2 heterocycles. The number of carbonyl (C=O) groups is 1. The average molecular weight is 586 g/mol. The molecule has 4 aromatic carbocycles. The fourth-order valence-electron chi connectivity index (χ4n) is 5.23. The van der Waals surface area contributed by atoms with Gasteiger partial charge in [0.25, 0.3) is 11.5 Å². The first kappa shape index (κ1) is 27.8. The second-order valence-corrected chi connectivity index (χ2v) is 10.9. The Hall–Kier alpha value is -5.39. The van der Waals surface area contributed by atoms with Gasteiger partial charge < -0.3 is 14.8 Å². The third kappa shape index (κ3) is 5.34. The first-order chi connectivity index (χ1) is 21.0. The Labute approximate surface area is 252 Å². The first-order valence-electron chi connectivity index (χ1n) is 13.6. The van der Waals surface area contributed by atoms with Gasteiger partial charge in [-0.1, -0.05) is 77.9 Å². The van der Waals surface area contributed by atoms with Crippen LogP contribution in [0.5, 0.6) is 11.5 Å². The Morgan fingerprint density at radius 3 is 2.53 bits per heavy atom. The van der Waals surface area contributed by atoms with Crippen molar-refractivity contribution < 1.29 is 14.3 Å². The lowest BCUT2D eigenvalue weighted by Gasteiger charge is -2.25. The maximum absolute atomic E-state index is 14.2. The molecule has 7 nitrogen and oxygen atoms in total. The predicted octanol–water partition coefficient (Wildman–Crippen LogP) is 5.05. The zero-order valence-electron chi connectivity index (χ0n) is 23.5. The van der Waals surface area contributed by atoms with Gasteiger partial charge in [-0.2, -0.15) is 0 Å². The van der Waals surface area contributed by atoms with Gasteiger partial charge in [-0.3, -0.25) is 14.2 Å². The molecule has 0 fully saturated rings. The van der Waals surface area contributed by atoms with Crippen LogP contribution in [0.4, 0.5) is 5.69 Å². The standard InChI is InChI=1S/C35H27N3O4S/c1-4-20-42-29-19-16-23-10-8-9-13-27(23)28(29)21-30-34(40)38-32(24-14-17-26(41-3)18-15-24)31(22(2)36-35(38)43-30)33(39)37-25-11-6-5-7-12-25/h1,5-19,21,32H,20H2,2-3H3,(H,37,39)/b30-21+/t32-/m0/s1. The van der Waals surface area contributed by atoms with Gasteiger partial charge in [0.2, 0.25) is 0 Å². The van der Waals surface area contributed by atoms with Gasteiger partial charge in [0.1, 0.15) is 18.1 Å². The highest BCUT2D eigenvalue weighted by Gasteiger charge is 2.32. The van der Waals surface area contributed by atoms with Crippen LogP contribution < -0.4 is 29.7 Å². The molecule has 1 aliphatic heterocycles. The van der Waals surface area contributed by atoms with E-state index in [-0.39, 0.29) is 18.1 Å². The summed E-state index contributed by atoms with van der Waals surface area (Å²) < 4.78 is 13.3. The number of anilines is 1. The van der Waals surface area contributed by atoms with Crippen molar-refractivity contribution in [2.45, 2.75) is 13.0 Å². The molecule has 0 aliphatic carbocycles. The van der Waals surface area contributed by atoms with E-state index in [1.165, 1.54) is 11.3 Å². The monoisotopic (exact) mass is 585 g/mol. The summed E-state index contributed by atoms with van der Waals surface area (Å²) in [6.45, 7) is 1.89. The van der Waals surface area contributed by atoms with Gasteiger partial charge in [0.15, 0.2) is 4.80 Å². The summed E-state index contributed by atoms with van der Waals surface area (Å²) in [6, 6.07) is 27.6. The van der Waals surface area contributed by atoms with Crippen LogP contribution in [-0.4, -0.2) is 24.2 Å². The van der Waals surface area contributed by atoms with Crippen LogP contribution in [0.25, 0.3) is 16.8 Å². The second kappa shape index (κ2) is 11.8. The summed E-state index contributed by atoms with van der Waals surface area (Å²) in [5, 5.41) is 4.90. The summed E-state index contributed by atoms with van der Waals surface area (Å²) >= 11 is 1.27. The molecule has 43 heavy (non-hydrogen) atoms. The number of ether oxygens (including phenoxy) is 2. The van der Waals surface area contributed by atoms with Crippen LogP contribution in [0, 0.1) is 12.3 Å². The lowest BCUT2D eigenvalue weighted by molar-refractivity contribution is -0.113. The Morgan fingerprint density at radius 1 is 1.05 bits per heavy atom. The van der Waals surface area contributed by atoms with Crippen molar-refractivity contribution in [1.29, 1.82) is 0 Å². The number of rotatable bonds is 7. The fraction of sp³-hybridized carbons (Fsp3) is 0.114. The van der Waals surface area contributed by atoms with E-state index in [2.05, 4.69) is 11.2 Å². The van der Waals surface area contributed by atoms with Crippen LogP contribution in [0.1, 0.15) is 24.1 Å². The minimum atomic E-state index is -0.710. The Bertz CT molecular complexity index is 2100. The van der Waals surface area contributed by atoms with E-state index in [1.54, 1.807) is 18.6 Å². The number of carbonyl (C=O) groups excluding carboxylic acids is 1. The summed E-state index contributed by atoms with van der Waals surface area (Å²) in [5.41, 5.74) is 2.80. The number of hydrogen-bond donors (Lipinski definition) is 1. The molecule has 1 aromatic heterocycles. The van der Waals surface area contributed by atoms with E-state index in [4.69, 9.17) is 20.9 Å². The molecule has 0 spiro atoms. The third-order valence-corrected chi connectivity index (χ3v) is 8.23. The second-order valence-electron chi connectivity index (χ2n) is 9.87. The smallest absolute Gasteiger partial charge is 0.271 e. The van der Waals surface area contributed by atoms with Crippen LogP contribution >= 0.6 is 11.3 Å². The average Bonchev–Trinajstić information content (AvgIpc) is 3.34. The Morgan fingerprint density at radius 2 is 1.79 bits per heavy atom. The maximum Gasteiger partial charge on any atom is 0.271 e. The molecule has 5 aromatic rings. The van der Waals surface area contributed by atoms with Crippen molar-refractivity contribution in [3.05, 3.63) is 133 Å². The van der Waals surface area contributed by atoms with Crippen LogP contribution in [-0.2, 0) is 4.79 Å². The van der Waals surface area contributed by atoms with Crippen molar-refractivity contribution in [3.8, 4) is 23.8 Å². The lowest BCUT2D eigenvalue weighted by atomic mass is 9.95. The number of allylic oxidation sites excluding steroid dienone is 1. The van der Waals surface area contributed by atoms with Gasteiger partial charge in [-0.15, -0.1) is 6.42 Å². The molecule has 1 atom stereocenters. The SMILES string of the molecule is C#CCOc1ccc2ccccc2c1/C=c1/sc2n(c1=O)[C@@H](c1ccc(OC)cc1)C(C(=O)Nc1ccccc1)=C(C)N=2. The van der Waals surface area contributed by atoms with E-state index in [0.29, 0.717) is 37.8 Å². The number of hydrogen-bond acceptors (Lipinski definition) is 6. The first-order valence-corrected chi connectivity index (χ1v) is 14.4. The molecule has 1 aliphatic rings. The van der Waals surface area contributed by atoms with Crippen LogP contribution in [0.3, 0.4) is 0 Å². The van der Waals surface area contributed by atoms with Crippen molar-refractivity contribution >= 4 is 39.8 Å². The van der Waals surface area contributed by atoms with E-state index in [1.807, 2.05) is 97.1 Å². The summed E-state index contributed by atoms with van der Waals surface area (Å²) in [6.07, 6.45) is 7.30. The molecule has 212 valence electrons. The molecule has 1 N–H and O–H groups in total. The third-order valence-electron chi connectivity index (χ3n) is 7.25. The zero-order valence-corrected chi connectivity index (χ0v) is 24.4. The van der Waals surface area contributed by atoms with Gasteiger partial charge >= 0.3 is 0 Å². The molecule has 0 saturated heterocycles. The lowest BCUT2D eigenvalue weighted by Crippen LogP contribution is -2.40. The normalized spacial score (nSPS) is 14.5. The highest BCUT2D eigenvalue weighted by atomic mass is 32.1. The minimum absolute atomic E-state index is 0.0942. The molecule has 1 amide bonds. The summed E-state index contributed by atoms with van der Waals surface area (Å²) in [7, 11) is 1.59. The Kier molecular flexibility index (Phi) is 7.65.